The third kappa shape index (κ3) is 68.0. The normalized spacial score (nSPS) is 23.1. The van der Waals surface area contributed by atoms with Crippen LogP contribution in [0.3, 0.4) is 0 Å². The number of carbonyl (C=O) groups excluding carboxylic acids is 10. The third-order valence-corrected chi connectivity index (χ3v) is 22.4. The van der Waals surface area contributed by atoms with Crippen LogP contribution in [-0.2, 0) is 47.9 Å². The summed E-state index contributed by atoms with van der Waals surface area (Å²) in [5, 5.41) is 30.5. The quantitative estimate of drug-likeness (QED) is 0.0504. The first-order valence-electron chi connectivity index (χ1n) is 47.5. The predicted molar refractivity (Wildman–Crippen MR) is 470 cm³/mol. The van der Waals surface area contributed by atoms with Gasteiger partial charge in [-0.05, 0) is 193 Å². The van der Waals surface area contributed by atoms with E-state index >= 15 is 0 Å². The van der Waals surface area contributed by atoms with Gasteiger partial charge in [0.25, 0.3) is 0 Å². The average molecular weight is 1630 g/mol. The Balaban J connectivity index is 2.72. The molecule has 1 aliphatic heterocycles. The van der Waals surface area contributed by atoms with Crippen LogP contribution in [0.2, 0.25) is 0 Å². The molecule has 25 nitrogen and oxygen atoms in total. The number of amides is 10. The molecule has 115 heavy (non-hydrogen) atoms. The summed E-state index contributed by atoms with van der Waals surface area (Å²) in [5.74, 6) is -1.04. The van der Waals surface area contributed by atoms with Crippen molar-refractivity contribution in [2.45, 2.75) is 448 Å². The number of rotatable bonds is 20. The van der Waals surface area contributed by atoms with Gasteiger partial charge in [0.05, 0.1) is 0 Å². The Morgan fingerprint density at radius 1 is 0.174 bits per heavy atom. The summed E-state index contributed by atoms with van der Waals surface area (Å²) in [6, 6.07) is -2.80. The Labute approximate surface area is 698 Å². The van der Waals surface area contributed by atoms with E-state index in [-0.39, 0.29) is 59.1 Å². The van der Waals surface area contributed by atoms with Gasteiger partial charge >= 0.3 is 0 Å². The summed E-state index contributed by atoms with van der Waals surface area (Å²) in [6.45, 7) is 5.60. The fraction of sp³-hybridized carbons (Fsp3) is 0.889. The summed E-state index contributed by atoms with van der Waals surface area (Å²) in [7, 11) is 0. The highest BCUT2D eigenvalue weighted by Crippen LogP contribution is 2.18. The molecule has 0 aromatic carbocycles. The molecular formula is C90H175N15O10. The summed E-state index contributed by atoms with van der Waals surface area (Å²) in [6.07, 6.45) is 58.3. The van der Waals surface area contributed by atoms with Crippen LogP contribution in [0.25, 0.3) is 0 Å². The highest BCUT2D eigenvalue weighted by Gasteiger charge is 2.25. The Bertz CT molecular complexity index is 2040. The smallest absolute Gasteiger partial charge is 0.242 e. The maximum absolute atomic E-state index is 13.3. The van der Waals surface area contributed by atoms with Gasteiger partial charge < -0.3 is 81.8 Å². The molecule has 10 amide bonds. The molecule has 5 atom stereocenters. The number of nitrogens with two attached hydrogens (primary N) is 5. The van der Waals surface area contributed by atoms with Crippen LogP contribution in [0.1, 0.15) is 417 Å². The van der Waals surface area contributed by atoms with Crippen molar-refractivity contribution in [3.63, 3.8) is 0 Å². The highest BCUT2D eigenvalue weighted by molar-refractivity contribution is 5.90. The molecule has 1 aliphatic rings. The van der Waals surface area contributed by atoms with Crippen LogP contribution >= 0.6 is 0 Å². The summed E-state index contributed by atoms with van der Waals surface area (Å²) >= 11 is 0. The van der Waals surface area contributed by atoms with Crippen LogP contribution in [0.4, 0.5) is 0 Å². The van der Waals surface area contributed by atoms with Crippen LogP contribution in [-0.4, -0.2) is 155 Å². The lowest BCUT2D eigenvalue weighted by Gasteiger charge is -2.18. The first kappa shape index (κ1) is 108. The molecule has 1 rings (SSSR count). The van der Waals surface area contributed by atoms with Crippen molar-refractivity contribution in [1.82, 2.24) is 53.2 Å². The SMILES string of the molecule is NCCCCC1NC(=O)CCCCCCCCCCCNC(=O)C(CCCCN)NC(=O)CCCCCCCCCCCNC(=O)C(CCCCN)NC(=O)CCCCCCCCCCCNC(=O)C(CCCCN)NC(=O)CCCCCCCCCCCNC(=O)C(CCCCN)NC(=O)CCCCCCCCCCCNC1=O. The molecule has 0 radical (unpaired) electrons. The fourth-order valence-corrected chi connectivity index (χ4v) is 15.1. The fourth-order valence-electron chi connectivity index (χ4n) is 15.1. The van der Waals surface area contributed by atoms with E-state index in [0.29, 0.717) is 130 Å². The second-order valence-corrected chi connectivity index (χ2v) is 33.1. The van der Waals surface area contributed by atoms with E-state index in [0.717, 1.165) is 353 Å². The van der Waals surface area contributed by atoms with Gasteiger partial charge in [-0.3, -0.25) is 47.9 Å². The maximum Gasteiger partial charge on any atom is 0.242 e. The molecule has 0 aromatic rings. The summed E-state index contributed by atoms with van der Waals surface area (Å²) in [5.41, 5.74) is 28.8. The Hall–Kier alpha value is -5.50. The van der Waals surface area contributed by atoms with Crippen LogP contribution < -0.4 is 81.8 Å². The second kappa shape index (κ2) is 80.9. The zero-order chi connectivity index (χ0) is 83.8. The maximum atomic E-state index is 13.3. The molecule has 0 bridgehead atoms. The second-order valence-electron chi connectivity index (χ2n) is 33.1. The first-order valence-corrected chi connectivity index (χ1v) is 47.5. The van der Waals surface area contributed by atoms with E-state index in [9.17, 15) is 47.9 Å². The monoisotopic (exact) mass is 1630 g/mol. The topological polar surface area (TPSA) is 421 Å². The van der Waals surface area contributed by atoms with E-state index in [4.69, 9.17) is 28.7 Å². The van der Waals surface area contributed by atoms with Crippen molar-refractivity contribution in [3.05, 3.63) is 0 Å². The van der Waals surface area contributed by atoms with Crippen molar-refractivity contribution >= 4 is 59.1 Å². The van der Waals surface area contributed by atoms with E-state index in [1.165, 1.54) is 0 Å². The minimum absolute atomic E-state index is 0.0827. The number of hydrogen-bond donors (Lipinski definition) is 15. The molecule has 20 N–H and O–H groups in total. The third-order valence-electron chi connectivity index (χ3n) is 22.4. The van der Waals surface area contributed by atoms with Crippen LogP contribution in [0.5, 0.6) is 0 Å². The van der Waals surface area contributed by atoms with E-state index in [1.807, 2.05) is 0 Å². The number of hydrogen-bond acceptors (Lipinski definition) is 15. The van der Waals surface area contributed by atoms with Crippen molar-refractivity contribution < 1.29 is 47.9 Å². The molecular weight excluding hydrogens is 1450 g/mol. The largest absolute Gasteiger partial charge is 0.354 e. The molecule has 1 fully saturated rings. The molecule has 0 spiro atoms. The van der Waals surface area contributed by atoms with Crippen LogP contribution in [0, 0.1) is 0 Å². The summed E-state index contributed by atoms with van der Waals surface area (Å²) in [4.78, 5) is 131. The first-order chi connectivity index (χ1) is 56.2. The zero-order valence-electron chi connectivity index (χ0n) is 72.9. The van der Waals surface area contributed by atoms with Crippen molar-refractivity contribution in [3.8, 4) is 0 Å². The van der Waals surface area contributed by atoms with Gasteiger partial charge in [0.1, 0.15) is 30.2 Å². The molecule has 0 saturated carbocycles. The van der Waals surface area contributed by atoms with Gasteiger partial charge in [-0.2, -0.15) is 0 Å². The Morgan fingerprint density at radius 2 is 0.296 bits per heavy atom. The predicted octanol–water partition coefficient (Wildman–Crippen LogP) is 13.2. The molecule has 25 heteroatoms. The van der Waals surface area contributed by atoms with Crippen molar-refractivity contribution in [2.24, 2.45) is 28.7 Å². The Kier molecular flexibility index (Phi) is 75.6. The number of unbranched alkanes of at least 4 members (excludes halogenated alkanes) is 5. The highest BCUT2D eigenvalue weighted by atomic mass is 16.2. The molecule has 0 aromatic heterocycles. The van der Waals surface area contributed by atoms with Gasteiger partial charge in [-0.15, -0.1) is 0 Å². The lowest BCUT2D eigenvalue weighted by atomic mass is 10.0. The standard InChI is InChI=1S/C90H175N15O10/c91-66-46-41-56-76-86(111)96-71-51-31-21-11-1-6-16-26-36-61-81(106)101-77(57-42-47-67-92)87(112)97-72-52-32-22-12-3-8-18-28-38-63-83(108)103-79(59-44-49-69-94)89(114)99-74-54-34-24-14-5-10-20-30-40-65-85(110)105-80(60-45-50-70-95)90(115)100-75-55-35-25-15-4-9-19-29-39-64-84(109)104-78(58-43-48-68-93)88(113)98-73-53-33-23-13-2-7-17-27-37-62-82(107)102-76/h76-80H,1-75,91-95H2,(H,96,111)(H,97,112)(H,98,113)(H,99,114)(H,100,115)(H,101,106)(H,102,107)(H,103,108)(H,104,109)(H,105,110). The van der Waals surface area contributed by atoms with Gasteiger partial charge in [0.15, 0.2) is 0 Å². The van der Waals surface area contributed by atoms with Crippen molar-refractivity contribution in [1.29, 1.82) is 0 Å². The minimum Gasteiger partial charge on any atom is -0.354 e. The number of nitrogens with one attached hydrogen (secondary N) is 10. The zero-order valence-corrected chi connectivity index (χ0v) is 72.9. The molecule has 0 aliphatic carbocycles. The lowest BCUT2D eigenvalue weighted by molar-refractivity contribution is -0.129. The molecule has 5 unspecified atom stereocenters. The van der Waals surface area contributed by atoms with Gasteiger partial charge in [-0.1, -0.05) is 225 Å². The molecule has 1 heterocycles. The minimum atomic E-state index is -0.560. The lowest BCUT2D eigenvalue weighted by Crippen LogP contribution is -2.47. The van der Waals surface area contributed by atoms with E-state index < -0.39 is 30.2 Å². The number of carbonyl (C=O) groups is 10. The average Bonchev–Trinajstić information content (AvgIpc) is 0.948. The molecule has 1 saturated heterocycles. The summed E-state index contributed by atoms with van der Waals surface area (Å²) < 4.78 is 0. The van der Waals surface area contributed by atoms with Gasteiger partial charge in [0.2, 0.25) is 59.1 Å². The van der Waals surface area contributed by atoms with Crippen molar-refractivity contribution in [2.75, 3.05) is 65.4 Å². The molecule has 670 valence electrons. The van der Waals surface area contributed by atoms with Gasteiger partial charge in [0, 0.05) is 64.8 Å². The Morgan fingerprint density at radius 3 is 0.426 bits per heavy atom. The van der Waals surface area contributed by atoms with E-state index in [1.54, 1.807) is 0 Å². The van der Waals surface area contributed by atoms with Gasteiger partial charge in [-0.25, -0.2) is 0 Å². The van der Waals surface area contributed by atoms with E-state index in [2.05, 4.69) is 53.2 Å². The van der Waals surface area contributed by atoms with Crippen LogP contribution in [0.15, 0.2) is 0 Å².